The summed E-state index contributed by atoms with van der Waals surface area (Å²) in [6.45, 7) is 5.87. The highest BCUT2D eigenvalue weighted by molar-refractivity contribution is 6.37. The molecule has 1 aromatic heterocycles. The van der Waals surface area contributed by atoms with Gasteiger partial charge < -0.3 is 24.2 Å². The molecule has 0 radical (unpaired) electrons. The highest BCUT2D eigenvalue weighted by Crippen LogP contribution is 2.28. The van der Waals surface area contributed by atoms with Crippen molar-refractivity contribution in [1.82, 2.24) is 14.9 Å². The van der Waals surface area contributed by atoms with E-state index in [1.54, 1.807) is 33.3 Å². The molecule has 0 saturated carbocycles. The Morgan fingerprint density at radius 1 is 1.37 bits per heavy atom. The minimum absolute atomic E-state index is 0.0414. The van der Waals surface area contributed by atoms with Crippen molar-refractivity contribution in [3.63, 3.8) is 0 Å². The predicted octanol–water partition coefficient (Wildman–Crippen LogP) is 1.24. The van der Waals surface area contributed by atoms with Crippen LogP contribution >= 0.6 is 0 Å². The molecule has 1 saturated heterocycles. The summed E-state index contributed by atoms with van der Waals surface area (Å²) in [4.78, 5) is 33.8. The zero-order valence-corrected chi connectivity index (χ0v) is 16.1. The van der Waals surface area contributed by atoms with E-state index in [0.29, 0.717) is 19.4 Å². The molecule has 3 unspecified atom stereocenters. The molecule has 0 spiro atoms. The smallest absolute Gasteiger partial charge is 0.356 e. The number of oxime groups is 1. The number of carbonyl (C=O) groups is 2. The van der Waals surface area contributed by atoms with Crippen LogP contribution in [0.2, 0.25) is 0 Å². The molecule has 0 bridgehead atoms. The van der Waals surface area contributed by atoms with Crippen molar-refractivity contribution in [3.8, 4) is 0 Å². The standard InChI is InChI=1S/C18H26N4O5/c1-18(2,3)26-17(24)12-8-15(27-21-12)16(23)20-11-5-6-25-14(7-11)13-9-19-10-22(13)4/h9-11,14-15H,5-8H2,1-4H3,(H,20,23). The van der Waals surface area contributed by atoms with Crippen LogP contribution in [0.25, 0.3) is 0 Å². The number of carbonyl (C=O) groups excluding carboxylic acids is 2. The molecule has 1 fully saturated rings. The molecule has 1 aromatic rings. The van der Waals surface area contributed by atoms with Crippen LogP contribution in [0.1, 0.15) is 51.8 Å². The molecule has 3 heterocycles. The zero-order valence-electron chi connectivity index (χ0n) is 16.1. The number of ether oxygens (including phenoxy) is 2. The molecule has 9 heteroatoms. The molecular formula is C18H26N4O5. The van der Waals surface area contributed by atoms with Gasteiger partial charge in [0.25, 0.3) is 5.91 Å². The van der Waals surface area contributed by atoms with Crippen LogP contribution in [0.3, 0.4) is 0 Å². The summed E-state index contributed by atoms with van der Waals surface area (Å²) in [6, 6.07) is -0.0414. The van der Waals surface area contributed by atoms with Crippen molar-refractivity contribution < 1.29 is 23.9 Å². The Hall–Kier alpha value is -2.42. The second-order valence-corrected chi connectivity index (χ2v) is 7.86. The van der Waals surface area contributed by atoms with E-state index in [9.17, 15) is 9.59 Å². The average Bonchev–Trinajstić information content (AvgIpc) is 3.22. The second-order valence-electron chi connectivity index (χ2n) is 7.86. The Morgan fingerprint density at radius 3 is 2.81 bits per heavy atom. The third kappa shape index (κ3) is 4.85. The Balaban J connectivity index is 1.51. The SMILES string of the molecule is Cn1cncc1C1CC(NC(=O)C2CC(C(=O)OC(C)(C)C)=NO2)CCO1. The van der Waals surface area contributed by atoms with E-state index in [0.717, 1.165) is 5.69 Å². The quantitative estimate of drug-likeness (QED) is 0.791. The normalized spacial score (nSPS) is 25.5. The molecule has 2 aliphatic heterocycles. The molecule has 1 amide bonds. The van der Waals surface area contributed by atoms with Crippen LogP contribution in [-0.4, -0.2) is 51.5 Å². The first-order chi connectivity index (χ1) is 12.7. The monoisotopic (exact) mass is 378 g/mol. The van der Waals surface area contributed by atoms with Gasteiger partial charge in [0.1, 0.15) is 11.7 Å². The topological polar surface area (TPSA) is 104 Å². The summed E-state index contributed by atoms with van der Waals surface area (Å²) in [7, 11) is 1.91. The Bertz CT molecular complexity index is 736. The Morgan fingerprint density at radius 2 is 2.15 bits per heavy atom. The average molecular weight is 378 g/mol. The van der Waals surface area contributed by atoms with Gasteiger partial charge in [0, 0.05) is 26.1 Å². The number of aromatic nitrogens is 2. The van der Waals surface area contributed by atoms with Crippen LogP contribution in [0.4, 0.5) is 0 Å². The lowest BCUT2D eigenvalue weighted by Crippen LogP contribution is -2.45. The molecule has 9 nitrogen and oxygen atoms in total. The minimum atomic E-state index is -0.814. The maximum Gasteiger partial charge on any atom is 0.356 e. The first-order valence-electron chi connectivity index (χ1n) is 9.07. The van der Waals surface area contributed by atoms with E-state index in [1.807, 2.05) is 11.6 Å². The van der Waals surface area contributed by atoms with E-state index < -0.39 is 17.7 Å². The van der Waals surface area contributed by atoms with Gasteiger partial charge in [0.2, 0.25) is 6.10 Å². The molecule has 27 heavy (non-hydrogen) atoms. The number of hydrogen-bond acceptors (Lipinski definition) is 7. The number of aryl methyl sites for hydroxylation is 1. The van der Waals surface area contributed by atoms with Gasteiger partial charge in [-0.15, -0.1) is 0 Å². The number of esters is 1. The minimum Gasteiger partial charge on any atom is -0.455 e. The lowest BCUT2D eigenvalue weighted by atomic mass is 10.0. The van der Waals surface area contributed by atoms with E-state index in [4.69, 9.17) is 14.3 Å². The summed E-state index contributed by atoms with van der Waals surface area (Å²) in [5, 5.41) is 6.71. The van der Waals surface area contributed by atoms with E-state index in [-0.39, 0.29) is 30.2 Å². The zero-order chi connectivity index (χ0) is 19.6. The van der Waals surface area contributed by atoms with Gasteiger partial charge in [0.05, 0.1) is 18.2 Å². The fourth-order valence-corrected chi connectivity index (χ4v) is 3.08. The number of amides is 1. The van der Waals surface area contributed by atoms with Gasteiger partial charge >= 0.3 is 5.97 Å². The van der Waals surface area contributed by atoms with Gasteiger partial charge in [-0.25, -0.2) is 9.78 Å². The summed E-state index contributed by atoms with van der Waals surface area (Å²) in [5.41, 5.74) is 0.481. The third-order valence-corrected chi connectivity index (χ3v) is 4.41. The Kier molecular flexibility index (Phi) is 5.50. The fourth-order valence-electron chi connectivity index (χ4n) is 3.08. The number of nitrogens with one attached hydrogen (secondary N) is 1. The number of rotatable bonds is 4. The summed E-state index contributed by atoms with van der Waals surface area (Å²) in [5.74, 6) is -0.840. The van der Waals surface area contributed by atoms with Gasteiger partial charge in [-0.2, -0.15) is 0 Å². The molecule has 1 N–H and O–H groups in total. The van der Waals surface area contributed by atoms with Crippen molar-refractivity contribution in [2.45, 2.75) is 63.9 Å². The van der Waals surface area contributed by atoms with Crippen molar-refractivity contribution in [1.29, 1.82) is 0 Å². The summed E-state index contributed by atoms with van der Waals surface area (Å²) < 4.78 is 13.0. The predicted molar refractivity (Wildman–Crippen MR) is 95.8 cm³/mol. The molecule has 2 aliphatic rings. The van der Waals surface area contributed by atoms with E-state index in [2.05, 4.69) is 15.5 Å². The summed E-state index contributed by atoms with van der Waals surface area (Å²) in [6.07, 6.45) is 4.04. The van der Waals surface area contributed by atoms with Crippen LogP contribution in [0.5, 0.6) is 0 Å². The van der Waals surface area contributed by atoms with Gasteiger partial charge in [-0.3, -0.25) is 4.79 Å². The van der Waals surface area contributed by atoms with Crippen LogP contribution in [-0.2, 0) is 30.9 Å². The van der Waals surface area contributed by atoms with Gasteiger partial charge in [-0.05, 0) is 33.6 Å². The third-order valence-electron chi connectivity index (χ3n) is 4.41. The molecule has 0 aliphatic carbocycles. The van der Waals surface area contributed by atoms with E-state index >= 15 is 0 Å². The Labute approximate surface area is 158 Å². The first-order valence-corrected chi connectivity index (χ1v) is 9.07. The second kappa shape index (κ2) is 7.67. The molecule has 3 rings (SSSR count). The first kappa shape index (κ1) is 19.3. The van der Waals surface area contributed by atoms with E-state index in [1.165, 1.54) is 0 Å². The number of nitrogens with zero attached hydrogens (tertiary/aromatic N) is 3. The van der Waals surface area contributed by atoms with Crippen LogP contribution in [0.15, 0.2) is 17.7 Å². The molecule has 3 atom stereocenters. The lowest BCUT2D eigenvalue weighted by molar-refractivity contribution is -0.146. The molecular weight excluding hydrogens is 352 g/mol. The highest BCUT2D eigenvalue weighted by atomic mass is 16.7. The van der Waals surface area contributed by atoms with Crippen LogP contribution < -0.4 is 5.32 Å². The molecule has 0 aromatic carbocycles. The number of imidazole rings is 1. The fraction of sp³-hybridized carbons (Fsp3) is 0.667. The van der Waals surface area contributed by atoms with Crippen LogP contribution in [0, 0.1) is 0 Å². The van der Waals surface area contributed by atoms with Gasteiger partial charge in [0.15, 0.2) is 5.71 Å². The highest BCUT2D eigenvalue weighted by Gasteiger charge is 2.36. The van der Waals surface area contributed by atoms with Crippen molar-refractivity contribution in [2.75, 3.05) is 6.61 Å². The summed E-state index contributed by atoms with van der Waals surface area (Å²) >= 11 is 0. The lowest BCUT2D eigenvalue weighted by Gasteiger charge is -2.30. The van der Waals surface area contributed by atoms with Crippen molar-refractivity contribution >= 4 is 17.6 Å². The molecule has 148 valence electrons. The van der Waals surface area contributed by atoms with Crippen molar-refractivity contribution in [3.05, 3.63) is 18.2 Å². The maximum absolute atomic E-state index is 12.5. The van der Waals surface area contributed by atoms with Gasteiger partial charge in [-0.1, -0.05) is 5.16 Å². The maximum atomic E-state index is 12.5. The van der Waals surface area contributed by atoms with Crippen molar-refractivity contribution in [2.24, 2.45) is 12.2 Å². The number of hydrogen-bond donors (Lipinski definition) is 1. The largest absolute Gasteiger partial charge is 0.455 e.